The highest BCUT2D eigenvalue weighted by molar-refractivity contribution is 5.84. The molecule has 2 N–H and O–H groups in total. The number of azide groups is 1. The van der Waals surface area contributed by atoms with Crippen LogP contribution in [0.3, 0.4) is 0 Å². The molecule has 12 nitrogen and oxygen atoms in total. The fourth-order valence-corrected chi connectivity index (χ4v) is 2.93. The highest BCUT2D eigenvalue weighted by Crippen LogP contribution is 2.23. The molecule has 0 rings (SSSR count). The van der Waals surface area contributed by atoms with Gasteiger partial charge in [0.2, 0.25) is 0 Å². The molecule has 0 spiro atoms. The van der Waals surface area contributed by atoms with Crippen LogP contribution in [0, 0.1) is 5.41 Å². The summed E-state index contributed by atoms with van der Waals surface area (Å²) < 4.78 is 10.7. The zero-order valence-corrected chi connectivity index (χ0v) is 23.1. The molecule has 0 saturated heterocycles. The number of carbonyl (C=O) groups is 3. The summed E-state index contributed by atoms with van der Waals surface area (Å²) in [5.41, 5.74) is 6.78. The fraction of sp³-hybridized carbons (Fsp3) is 0.833. The van der Waals surface area contributed by atoms with Gasteiger partial charge in [0.15, 0.2) is 0 Å². The Balaban J connectivity index is 0. The summed E-state index contributed by atoms with van der Waals surface area (Å²) in [6, 6.07) is -1.68. The van der Waals surface area contributed by atoms with Crippen molar-refractivity contribution < 1.29 is 33.4 Å². The van der Waals surface area contributed by atoms with Crippen LogP contribution in [0.5, 0.6) is 0 Å². The summed E-state index contributed by atoms with van der Waals surface area (Å²) in [5.74, 6) is -1.06. The average molecular weight is 514 g/mol. The quantitative estimate of drug-likeness (QED) is 0.135. The second-order valence-corrected chi connectivity index (χ2v) is 11.3. The number of unbranched alkanes of at least 4 members (excludes halogenated alkanes) is 1. The van der Waals surface area contributed by atoms with Gasteiger partial charge >= 0.3 is 24.1 Å². The Morgan fingerprint density at radius 1 is 0.889 bits per heavy atom. The van der Waals surface area contributed by atoms with Crippen molar-refractivity contribution in [2.75, 3.05) is 6.54 Å². The molecule has 0 heterocycles. The Morgan fingerprint density at radius 2 is 1.42 bits per heavy atom. The second-order valence-electron chi connectivity index (χ2n) is 11.3. The molecule has 0 radical (unpaired) electrons. The number of hydrogen-bond donors (Lipinski definition) is 2. The Kier molecular flexibility index (Phi) is 16.1. The normalized spacial score (nSPS) is 12.9. The van der Waals surface area contributed by atoms with Gasteiger partial charge in [-0.25, -0.2) is 9.59 Å². The Morgan fingerprint density at radius 3 is 1.86 bits per heavy atom. The summed E-state index contributed by atoms with van der Waals surface area (Å²) >= 11 is 0. The highest BCUT2D eigenvalue weighted by atomic mass is 16.6. The molecule has 0 aromatic carbocycles. The van der Waals surface area contributed by atoms with Crippen molar-refractivity contribution in [2.45, 2.75) is 118 Å². The largest absolute Gasteiger partial charge is 0.460 e. The van der Waals surface area contributed by atoms with Gasteiger partial charge in [0.25, 0.3) is 0 Å². The molecule has 0 aliphatic carbocycles. The first-order valence-corrected chi connectivity index (χ1v) is 11.9. The number of urea groups is 1. The summed E-state index contributed by atoms with van der Waals surface area (Å²) in [6.07, 6.45) is 2.45. The van der Waals surface area contributed by atoms with Gasteiger partial charge in [-0.05, 0) is 71.8 Å². The predicted octanol–water partition coefficient (Wildman–Crippen LogP) is 4.43. The molecule has 206 valence electrons. The van der Waals surface area contributed by atoms with Crippen molar-refractivity contribution in [2.24, 2.45) is 10.5 Å². The third-order valence-electron chi connectivity index (χ3n) is 4.47. The van der Waals surface area contributed by atoms with Gasteiger partial charge in [-0.1, -0.05) is 32.3 Å². The van der Waals surface area contributed by atoms with Gasteiger partial charge in [-0.15, -0.1) is 0 Å². The standard InChI is InChI=1S/C23H43N5O5.CO2/c1-21(2,3)17(12-10-11-15-25-28-24)27-20(31)26-16(19(30)33-23(7,8)9)13-14-18(29)32-22(4,5)6;2-1-3/h16-17H,10-15H2,1-9H3,(H2,26,27,31);/t16-,17-;/m0./s1. The number of ether oxygens (including phenoxy) is 2. The first kappa shape index (κ1) is 35.1. The number of amides is 2. The molecule has 0 aromatic rings. The van der Waals surface area contributed by atoms with Crippen LogP contribution in [0.25, 0.3) is 10.4 Å². The molecule has 0 aliphatic rings. The van der Waals surface area contributed by atoms with E-state index >= 15 is 0 Å². The Hall–Kier alpha value is -3.10. The van der Waals surface area contributed by atoms with Crippen LogP contribution >= 0.6 is 0 Å². The van der Waals surface area contributed by atoms with Gasteiger partial charge in [0.1, 0.15) is 17.2 Å². The molecule has 36 heavy (non-hydrogen) atoms. The van der Waals surface area contributed by atoms with E-state index in [1.54, 1.807) is 41.5 Å². The maximum atomic E-state index is 12.8. The van der Waals surface area contributed by atoms with Crippen LogP contribution in [-0.4, -0.2) is 54.0 Å². The number of rotatable bonds is 11. The lowest BCUT2D eigenvalue weighted by Crippen LogP contribution is -2.53. The van der Waals surface area contributed by atoms with Crippen molar-refractivity contribution in [3.63, 3.8) is 0 Å². The summed E-state index contributed by atoms with van der Waals surface area (Å²) in [5, 5.41) is 9.14. The van der Waals surface area contributed by atoms with E-state index in [-0.39, 0.29) is 30.4 Å². The van der Waals surface area contributed by atoms with E-state index in [2.05, 4.69) is 20.7 Å². The van der Waals surface area contributed by atoms with E-state index in [0.717, 1.165) is 12.8 Å². The summed E-state index contributed by atoms with van der Waals surface area (Å²) in [7, 11) is 0. The molecule has 0 saturated carbocycles. The molecular formula is C24H43N5O7. The summed E-state index contributed by atoms with van der Waals surface area (Å²) in [6.45, 7) is 17.0. The van der Waals surface area contributed by atoms with E-state index in [4.69, 9.17) is 24.6 Å². The second kappa shape index (κ2) is 16.5. The van der Waals surface area contributed by atoms with E-state index < -0.39 is 35.2 Å². The lowest BCUT2D eigenvalue weighted by molar-refractivity contribution is -0.191. The van der Waals surface area contributed by atoms with Crippen molar-refractivity contribution in [3.8, 4) is 0 Å². The third-order valence-corrected chi connectivity index (χ3v) is 4.47. The molecule has 0 unspecified atom stereocenters. The van der Waals surface area contributed by atoms with E-state index in [9.17, 15) is 14.4 Å². The molecule has 2 amide bonds. The van der Waals surface area contributed by atoms with E-state index in [0.29, 0.717) is 13.0 Å². The van der Waals surface area contributed by atoms with Crippen LogP contribution in [-0.2, 0) is 28.7 Å². The monoisotopic (exact) mass is 513 g/mol. The molecule has 0 fully saturated rings. The maximum Gasteiger partial charge on any atom is 0.373 e. The summed E-state index contributed by atoms with van der Waals surface area (Å²) in [4.78, 5) is 56.6. The minimum atomic E-state index is -0.998. The minimum Gasteiger partial charge on any atom is -0.460 e. The van der Waals surface area contributed by atoms with Gasteiger partial charge in [-0.2, -0.15) is 9.59 Å². The van der Waals surface area contributed by atoms with E-state index in [1.807, 2.05) is 20.8 Å². The molecule has 0 bridgehead atoms. The zero-order valence-electron chi connectivity index (χ0n) is 23.1. The molecule has 0 aliphatic heterocycles. The highest BCUT2D eigenvalue weighted by Gasteiger charge is 2.31. The molecular weight excluding hydrogens is 470 g/mol. The number of nitrogens with zero attached hydrogens (tertiary/aromatic N) is 3. The SMILES string of the molecule is CC(C)(C)OC(=O)CC[C@H](NC(=O)N[C@@H](CCCCN=[N+]=[N-])C(C)(C)C)C(=O)OC(C)(C)C.O=C=O. The third kappa shape index (κ3) is 20.3. The Bertz CT molecular complexity index is 782. The van der Waals surface area contributed by atoms with Crippen LogP contribution in [0.4, 0.5) is 4.79 Å². The predicted molar refractivity (Wildman–Crippen MR) is 132 cm³/mol. The van der Waals surface area contributed by atoms with Gasteiger partial charge in [-0.3, -0.25) is 4.79 Å². The number of carbonyl (C=O) groups excluding carboxylic acids is 5. The van der Waals surface area contributed by atoms with Gasteiger partial charge in [0, 0.05) is 23.9 Å². The van der Waals surface area contributed by atoms with Crippen LogP contribution in [0.2, 0.25) is 0 Å². The first-order valence-electron chi connectivity index (χ1n) is 11.9. The minimum absolute atomic E-state index is 0.0381. The van der Waals surface area contributed by atoms with Crippen molar-refractivity contribution in [1.29, 1.82) is 0 Å². The van der Waals surface area contributed by atoms with Crippen LogP contribution in [0.1, 0.15) is 94.4 Å². The van der Waals surface area contributed by atoms with Crippen LogP contribution < -0.4 is 10.6 Å². The van der Waals surface area contributed by atoms with Gasteiger partial charge in [0.05, 0.1) is 0 Å². The van der Waals surface area contributed by atoms with Crippen molar-refractivity contribution in [1.82, 2.24) is 10.6 Å². The van der Waals surface area contributed by atoms with Crippen molar-refractivity contribution >= 4 is 24.1 Å². The zero-order chi connectivity index (χ0) is 28.6. The molecule has 0 aromatic heterocycles. The lowest BCUT2D eigenvalue weighted by Gasteiger charge is -2.32. The molecule has 12 heteroatoms. The van der Waals surface area contributed by atoms with Crippen molar-refractivity contribution in [3.05, 3.63) is 10.4 Å². The Labute approximate surface area is 213 Å². The van der Waals surface area contributed by atoms with E-state index in [1.165, 1.54) is 0 Å². The number of hydrogen-bond acceptors (Lipinski definition) is 8. The number of esters is 2. The number of nitrogens with one attached hydrogen (secondary N) is 2. The van der Waals surface area contributed by atoms with Gasteiger partial charge < -0.3 is 20.1 Å². The lowest BCUT2D eigenvalue weighted by atomic mass is 9.84. The topological polar surface area (TPSA) is 177 Å². The smallest absolute Gasteiger partial charge is 0.373 e. The fourth-order valence-electron chi connectivity index (χ4n) is 2.93. The molecule has 2 atom stereocenters. The maximum absolute atomic E-state index is 12.8. The average Bonchev–Trinajstić information content (AvgIpc) is 2.67. The first-order chi connectivity index (χ1) is 16.4. The van der Waals surface area contributed by atoms with Crippen LogP contribution in [0.15, 0.2) is 5.11 Å².